The van der Waals surface area contributed by atoms with E-state index in [9.17, 15) is 0 Å². The lowest BCUT2D eigenvalue weighted by Crippen LogP contribution is -2.13. The molecule has 0 aliphatic carbocycles. The fourth-order valence-corrected chi connectivity index (χ4v) is 1.89. The summed E-state index contributed by atoms with van der Waals surface area (Å²) in [6.07, 6.45) is 3.24. The van der Waals surface area contributed by atoms with E-state index in [1.54, 1.807) is 30.6 Å². The maximum absolute atomic E-state index is 7.66. The molecule has 98 valence electrons. The van der Waals surface area contributed by atoms with Crippen LogP contribution in [0.2, 0.25) is 0 Å². The molecule has 3 aromatic rings. The van der Waals surface area contributed by atoms with Crippen molar-refractivity contribution in [2.45, 2.75) is 0 Å². The average Bonchev–Trinajstić information content (AvgIpc) is 2.47. The second-order valence-corrected chi connectivity index (χ2v) is 4.24. The molecular formula is C15H12N4O. The third-order valence-electron chi connectivity index (χ3n) is 2.83. The van der Waals surface area contributed by atoms with Crippen molar-refractivity contribution in [3.05, 3.63) is 60.4 Å². The minimum Gasteiger partial charge on any atom is -0.437 e. The molecular weight excluding hydrogens is 252 g/mol. The number of aromatic nitrogens is 2. The highest BCUT2D eigenvalue weighted by Crippen LogP contribution is 2.26. The Morgan fingerprint density at radius 2 is 2.00 bits per heavy atom. The summed E-state index contributed by atoms with van der Waals surface area (Å²) in [4.78, 5) is 8.40. The van der Waals surface area contributed by atoms with Crippen LogP contribution in [0.1, 0.15) is 5.56 Å². The highest BCUT2D eigenvalue weighted by molar-refractivity contribution is 6.00. The zero-order chi connectivity index (χ0) is 13.9. The summed E-state index contributed by atoms with van der Waals surface area (Å²) in [6, 6.07) is 13.0. The molecule has 0 saturated heterocycles. The fourth-order valence-electron chi connectivity index (χ4n) is 1.89. The number of fused-ring (bicyclic) bond motifs is 1. The minimum atomic E-state index is -0.0813. The van der Waals surface area contributed by atoms with Gasteiger partial charge in [-0.25, -0.2) is 4.98 Å². The summed E-state index contributed by atoms with van der Waals surface area (Å²) in [5.41, 5.74) is 6.86. The van der Waals surface area contributed by atoms with Gasteiger partial charge in [-0.2, -0.15) is 0 Å². The van der Waals surface area contributed by atoms with E-state index in [0.717, 1.165) is 10.9 Å². The third-order valence-corrected chi connectivity index (χ3v) is 2.83. The van der Waals surface area contributed by atoms with E-state index < -0.39 is 0 Å². The molecule has 0 radical (unpaired) electrons. The topological polar surface area (TPSA) is 84.9 Å². The van der Waals surface area contributed by atoms with Gasteiger partial charge >= 0.3 is 0 Å². The van der Waals surface area contributed by atoms with Crippen LogP contribution in [-0.4, -0.2) is 15.8 Å². The standard InChI is InChI=1S/C15H12N4O/c16-14(17)12-8-10-4-1-2-6-13(10)19-15(12)20-11-5-3-7-18-9-11/h1-9H,(H3,16,17). The van der Waals surface area contributed by atoms with E-state index in [1.165, 1.54) is 0 Å². The van der Waals surface area contributed by atoms with Crippen LogP contribution in [0, 0.1) is 5.41 Å². The maximum Gasteiger partial charge on any atom is 0.230 e. The van der Waals surface area contributed by atoms with Crippen molar-refractivity contribution in [3.8, 4) is 11.6 Å². The minimum absolute atomic E-state index is 0.0813. The first-order valence-corrected chi connectivity index (χ1v) is 6.06. The molecule has 0 aliphatic rings. The van der Waals surface area contributed by atoms with Crippen molar-refractivity contribution in [2.75, 3.05) is 0 Å². The highest BCUT2D eigenvalue weighted by atomic mass is 16.5. The number of hydrogen-bond acceptors (Lipinski definition) is 4. The van der Waals surface area contributed by atoms with Gasteiger partial charge in [0.05, 0.1) is 17.3 Å². The molecule has 1 aromatic carbocycles. The van der Waals surface area contributed by atoms with Crippen LogP contribution in [0.4, 0.5) is 0 Å². The van der Waals surface area contributed by atoms with E-state index in [-0.39, 0.29) is 5.84 Å². The Morgan fingerprint density at radius 3 is 2.75 bits per heavy atom. The summed E-state index contributed by atoms with van der Waals surface area (Å²) < 4.78 is 5.68. The van der Waals surface area contributed by atoms with Crippen molar-refractivity contribution < 1.29 is 4.74 Å². The molecule has 0 unspecified atom stereocenters. The first-order chi connectivity index (χ1) is 9.74. The number of nitrogens with zero attached hydrogens (tertiary/aromatic N) is 2. The molecule has 0 spiro atoms. The number of benzene rings is 1. The lowest BCUT2D eigenvalue weighted by atomic mass is 10.1. The molecule has 2 aromatic heterocycles. The van der Waals surface area contributed by atoms with E-state index in [4.69, 9.17) is 15.9 Å². The molecule has 5 heteroatoms. The number of ether oxygens (including phenoxy) is 1. The lowest BCUT2D eigenvalue weighted by Gasteiger charge is -2.10. The third kappa shape index (κ3) is 2.29. The molecule has 0 fully saturated rings. The van der Waals surface area contributed by atoms with Crippen molar-refractivity contribution in [1.29, 1.82) is 5.41 Å². The van der Waals surface area contributed by atoms with Gasteiger partial charge in [0.15, 0.2) is 0 Å². The Bertz CT molecular complexity index is 771. The lowest BCUT2D eigenvalue weighted by molar-refractivity contribution is 0.461. The quantitative estimate of drug-likeness (QED) is 0.562. The molecule has 3 N–H and O–H groups in total. The molecule has 5 nitrogen and oxygen atoms in total. The van der Waals surface area contributed by atoms with Gasteiger partial charge in [0.1, 0.15) is 11.6 Å². The van der Waals surface area contributed by atoms with Crippen LogP contribution in [-0.2, 0) is 0 Å². The monoisotopic (exact) mass is 264 g/mol. The molecule has 3 rings (SSSR count). The van der Waals surface area contributed by atoms with Crippen molar-refractivity contribution in [1.82, 2.24) is 9.97 Å². The number of para-hydroxylation sites is 1. The summed E-state index contributed by atoms with van der Waals surface area (Å²) in [7, 11) is 0. The summed E-state index contributed by atoms with van der Waals surface area (Å²) in [5, 5.41) is 8.57. The summed E-state index contributed by atoms with van der Waals surface area (Å²) in [5.74, 6) is 0.782. The predicted molar refractivity (Wildman–Crippen MR) is 77.1 cm³/mol. The van der Waals surface area contributed by atoms with Crippen LogP contribution in [0.25, 0.3) is 10.9 Å². The number of nitrogens with one attached hydrogen (secondary N) is 1. The maximum atomic E-state index is 7.66. The van der Waals surface area contributed by atoms with E-state index in [1.807, 2.05) is 24.3 Å². The number of nitrogen functional groups attached to an aromatic ring is 1. The second kappa shape index (κ2) is 4.97. The second-order valence-electron chi connectivity index (χ2n) is 4.24. The number of pyridine rings is 2. The van der Waals surface area contributed by atoms with E-state index >= 15 is 0 Å². The predicted octanol–water partition coefficient (Wildman–Crippen LogP) is 2.71. The average molecular weight is 264 g/mol. The summed E-state index contributed by atoms with van der Waals surface area (Å²) in [6.45, 7) is 0. The molecule has 0 bridgehead atoms. The SMILES string of the molecule is N=C(N)c1cc2ccccc2nc1Oc1cccnc1. The molecule has 0 amide bonds. The first kappa shape index (κ1) is 12.1. The smallest absolute Gasteiger partial charge is 0.230 e. The zero-order valence-corrected chi connectivity index (χ0v) is 10.6. The number of rotatable bonds is 3. The van der Waals surface area contributed by atoms with Gasteiger partial charge < -0.3 is 10.5 Å². The van der Waals surface area contributed by atoms with Gasteiger partial charge in [-0.1, -0.05) is 18.2 Å². The first-order valence-electron chi connectivity index (χ1n) is 6.06. The van der Waals surface area contributed by atoms with E-state index in [2.05, 4.69) is 9.97 Å². The molecule has 0 aliphatic heterocycles. The van der Waals surface area contributed by atoms with Crippen LogP contribution in [0.15, 0.2) is 54.9 Å². The van der Waals surface area contributed by atoms with E-state index in [0.29, 0.717) is 17.2 Å². The van der Waals surface area contributed by atoms with Gasteiger partial charge in [0.2, 0.25) is 5.88 Å². The Kier molecular flexibility index (Phi) is 3.01. The van der Waals surface area contributed by atoms with Gasteiger partial charge in [-0.15, -0.1) is 0 Å². The van der Waals surface area contributed by atoms with Gasteiger partial charge in [0.25, 0.3) is 0 Å². The Labute approximate surface area is 115 Å². The van der Waals surface area contributed by atoms with Gasteiger partial charge in [0, 0.05) is 11.6 Å². The van der Waals surface area contributed by atoms with Crippen molar-refractivity contribution in [2.24, 2.45) is 5.73 Å². The van der Waals surface area contributed by atoms with Crippen LogP contribution >= 0.6 is 0 Å². The Balaban J connectivity index is 2.12. The number of nitrogens with two attached hydrogens (primary N) is 1. The zero-order valence-electron chi connectivity index (χ0n) is 10.6. The van der Waals surface area contributed by atoms with Crippen LogP contribution in [0.3, 0.4) is 0 Å². The molecule has 2 heterocycles. The van der Waals surface area contributed by atoms with Gasteiger partial charge in [-0.3, -0.25) is 10.4 Å². The highest BCUT2D eigenvalue weighted by Gasteiger charge is 2.11. The Hall–Kier alpha value is -2.95. The van der Waals surface area contributed by atoms with Crippen LogP contribution < -0.4 is 10.5 Å². The fraction of sp³-hybridized carbons (Fsp3) is 0. The number of amidine groups is 1. The molecule has 20 heavy (non-hydrogen) atoms. The normalized spacial score (nSPS) is 10.4. The number of hydrogen-bond donors (Lipinski definition) is 2. The van der Waals surface area contributed by atoms with Gasteiger partial charge in [-0.05, 0) is 24.3 Å². The largest absolute Gasteiger partial charge is 0.437 e. The summed E-state index contributed by atoms with van der Waals surface area (Å²) >= 11 is 0. The van der Waals surface area contributed by atoms with Crippen LogP contribution in [0.5, 0.6) is 11.6 Å². The molecule has 0 atom stereocenters. The van der Waals surface area contributed by atoms with Crippen molar-refractivity contribution >= 4 is 16.7 Å². The molecule has 0 saturated carbocycles. The van der Waals surface area contributed by atoms with Crippen molar-refractivity contribution in [3.63, 3.8) is 0 Å². The Morgan fingerprint density at radius 1 is 1.15 bits per heavy atom.